The highest BCUT2D eigenvalue weighted by molar-refractivity contribution is 5.59. The Morgan fingerprint density at radius 3 is 3.00 bits per heavy atom. The topological polar surface area (TPSA) is 56.5 Å². The number of ether oxygens (including phenoxy) is 2. The zero-order valence-corrected chi connectivity index (χ0v) is 11.1. The summed E-state index contributed by atoms with van der Waals surface area (Å²) in [5, 5.41) is 3.51. The molecule has 18 heavy (non-hydrogen) atoms. The Morgan fingerprint density at radius 1 is 1.44 bits per heavy atom. The van der Waals surface area contributed by atoms with Crippen LogP contribution in [0.4, 0.5) is 11.4 Å². The third-order valence-electron chi connectivity index (χ3n) is 3.10. The van der Waals surface area contributed by atoms with Crippen LogP contribution in [0.2, 0.25) is 0 Å². The van der Waals surface area contributed by atoms with Crippen molar-refractivity contribution < 1.29 is 9.47 Å². The molecular weight excluding hydrogens is 228 g/mol. The molecule has 100 valence electrons. The highest BCUT2D eigenvalue weighted by Crippen LogP contribution is 2.25. The van der Waals surface area contributed by atoms with E-state index < -0.39 is 0 Å². The van der Waals surface area contributed by atoms with Crippen LogP contribution >= 0.6 is 0 Å². The maximum Gasteiger partial charge on any atom is 0.123 e. The van der Waals surface area contributed by atoms with E-state index in [1.54, 1.807) is 0 Å². The molecule has 0 aliphatic carbocycles. The molecule has 2 unspecified atom stereocenters. The standard InChI is InChI=1S/C14H22N2O2/c1-3-17-14-8-11(15)7-13(9-14)16-12-4-5-18-10(2)6-12/h7-10,12,16H,3-6,15H2,1-2H3. The minimum atomic E-state index is 0.323. The average Bonchev–Trinajstić information content (AvgIpc) is 2.28. The first-order valence-electron chi connectivity index (χ1n) is 6.59. The Hall–Kier alpha value is -1.42. The largest absolute Gasteiger partial charge is 0.494 e. The van der Waals surface area contributed by atoms with Gasteiger partial charge >= 0.3 is 0 Å². The Balaban J connectivity index is 2.03. The lowest BCUT2D eigenvalue weighted by Crippen LogP contribution is -2.32. The van der Waals surface area contributed by atoms with Crippen LogP contribution in [0.5, 0.6) is 5.75 Å². The Labute approximate surface area is 108 Å². The average molecular weight is 250 g/mol. The molecular formula is C14H22N2O2. The molecule has 1 aliphatic rings. The first kappa shape index (κ1) is 13.0. The van der Waals surface area contributed by atoms with Gasteiger partial charge < -0.3 is 20.5 Å². The summed E-state index contributed by atoms with van der Waals surface area (Å²) < 4.78 is 11.0. The molecule has 1 aliphatic heterocycles. The van der Waals surface area contributed by atoms with Gasteiger partial charge in [0.15, 0.2) is 0 Å². The van der Waals surface area contributed by atoms with Crippen LogP contribution in [-0.4, -0.2) is 25.4 Å². The zero-order valence-electron chi connectivity index (χ0n) is 11.1. The van der Waals surface area contributed by atoms with Crippen molar-refractivity contribution in [3.8, 4) is 5.75 Å². The lowest BCUT2D eigenvalue weighted by Gasteiger charge is -2.28. The molecule has 4 heteroatoms. The number of hydrogen-bond donors (Lipinski definition) is 2. The second kappa shape index (κ2) is 5.96. The summed E-state index contributed by atoms with van der Waals surface area (Å²) in [5.41, 5.74) is 7.63. The predicted molar refractivity (Wildman–Crippen MR) is 74.1 cm³/mol. The highest BCUT2D eigenvalue weighted by Gasteiger charge is 2.19. The lowest BCUT2D eigenvalue weighted by atomic mass is 10.0. The Kier molecular flexibility index (Phi) is 4.31. The van der Waals surface area contributed by atoms with E-state index in [1.807, 2.05) is 25.1 Å². The minimum absolute atomic E-state index is 0.323. The van der Waals surface area contributed by atoms with Gasteiger partial charge in [0.25, 0.3) is 0 Å². The van der Waals surface area contributed by atoms with E-state index in [1.165, 1.54) is 0 Å². The molecule has 1 saturated heterocycles. The maximum atomic E-state index is 5.88. The number of nitrogen functional groups attached to an aromatic ring is 1. The van der Waals surface area contributed by atoms with Gasteiger partial charge in [0.2, 0.25) is 0 Å². The summed E-state index contributed by atoms with van der Waals surface area (Å²) in [7, 11) is 0. The monoisotopic (exact) mass is 250 g/mol. The molecule has 1 heterocycles. The van der Waals surface area contributed by atoms with Crippen LogP contribution < -0.4 is 15.8 Å². The number of benzene rings is 1. The molecule has 2 atom stereocenters. The van der Waals surface area contributed by atoms with Crippen LogP contribution in [-0.2, 0) is 4.74 Å². The summed E-state index contributed by atoms with van der Waals surface area (Å²) in [6.45, 7) is 5.55. The van der Waals surface area contributed by atoms with E-state index in [9.17, 15) is 0 Å². The van der Waals surface area contributed by atoms with Gasteiger partial charge in [-0.15, -0.1) is 0 Å². The molecule has 0 aromatic heterocycles. The van der Waals surface area contributed by atoms with Crippen molar-refractivity contribution in [2.75, 3.05) is 24.3 Å². The van der Waals surface area contributed by atoms with Crippen LogP contribution in [0.25, 0.3) is 0 Å². The fourth-order valence-electron chi connectivity index (χ4n) is 2.32. The molecule has 1 aromatic rings. The van der Waals surface area contributed by atoms with E-state index in [0.717, 1.165) is 36.6 Å². The summed E-state index contributed by atoms with van der Waals surface area (Å²) in [6, 6.07) is 6.24. The van der Waals surface area contributed by atoms with Gasteiger partial charge in [0.05, 0.1) is 12.7 Å². The molecule has 0 amide bonds. The summed E-state index contributed by atoms with van der Waals surface area (Å²) in [4.78, 5) is 0. The summed E-state index contributed by atoms with van der Waals surface area (Å²) in [5.74, 6) is 0.820. The molecule has 2 rings (SSSR count). The van der Waals surface area contributed by atoms with Gasteiger partial charge in [-0.3, -0.25) is 0 Å². The normalized spacial score (nSPS) is 23.7. The number of anilines is 2. The molecule has 0 saturated carbocycles. The predicted octanol–water partition coefficient (Wildman–Crippen LogP) is 2.65. The zero-order chi connectivity index (χ0) is 13.0. The Bertz CT molecular complexity index is 395. The number of hydrogen-bond acceptors (Lipinski definition) is 4. The molecule has 1 aromatic carbocycles. The van der Waals surface area contributed by atoms with Crippen LogP contribution in [0, 0.1) is 0 Å². The van der Waals surface area contributed by atoms with E-state index in [2.05, 4.69) is 12.2 Å². The highest BCUT2D eigenvalue weighted by atomic mass is 16.5. The van der Waals surface area contributed by atoms with Gasteiger partial charge in [-0.05, 0) is 32.8 Å². The van der Waals surface area contributed by atoms with Crippen LogP contribution in [0.15, 0.2) is 18.2 Å². The molecule has 0 radical (unpaired) electrons. The molecule has 0 spiro atoms. The van der Waals surface area contributed by atoms with Crippen molar-refractivity contribution >= 4 is 11.4 Å². The Morgan fingerprint density at radius 2 is 2.28 bits per heavy atom. The quantitative estimate of drug-likeness (QED) is 0.807. The van der Waals surface area contributed by atoms with Gasteiger partial charge in [-0.2, -0.15) is 0 Å². The third kappa shape index (κ3) is 3.53. The van der Waals surface area contributed by atoms with E-state index in [4.69, 9.17) is 15.2 Å². The molecule has 3 N–H and O–H groups in total. The molecule has 0 bridgehead atoms. The number of rotatable bonds is 4. The fraction of sp³-hybridized carbons (Fsp3) is 0.571. The maximum absolute atomic E-state index is 5.88. The lowest BCUT2D eigenvalue weighted by molar-refractivity contribution is 0.0232. The number of nitrogens with two attached hydrogens (primary N) is 1. The third-order valence-corrected chi connectivity index (χ3v) is 3.10. The van der Waals surface area contributed by atoms with Crippen molar-refractivity contribution in [3.63, 3.8) is 0 Å². The van der Waals surface area contributed by atoms with Crippen LogP contribution in [0.1, 0.15) is 26.7 Å². The SMILES string of the molecule is CCOc1cc(N)cc(NC2CCOC(C)C2)c1. The van der Waals surface area contributed by atoms with Crippen molar-refractivity contribution in [2.45, 2.75) is 38.8 Å². The smallest absolute Gasteiger partial charge is 0.123 e. The molecule has 1 fully saturated rings. The van der Waals surface area contributed by atoms with Crippen LogP contribution in [0.3, 0.4) is 0 Å². The second-order valence-electron chi connectivity index (χ2n) is 4.77. The summed E-state index contributed by atoms with van der Waals surface area (Å²) >= 11 is 0. The van der Waals surface area contributed by atoms with E-state index in [-0.39, 0.29) is 0 Å². The fourth-order valence-corrected chi connectivity index (χ4v) is 2.32. The van der Waals surface area contributed by atoms with Gasteiger partial charge in [0.1, 0.15) is 5.75 Å². The number of nitrogens with one attached hydrogen (secondary N) is 1. The van der Waals surface area contributed by atoms with Crippen molar-refractivity contribution in [3.05, 3.63) is 18.2 Å². The van der Waals surface area contributed by atoms with Crippen molar-refractivity contribution in [1.29, 1.82) is 0 Å². The van der Waals surface area contributed by atoms with E-state index >= 15 is 0 Å². The molecule has 4 nitrogen and oxygen atoms in total. The second-order valence-corrected chi connectivity index (χ2v) is 4.77. The van der Waals surface area contributed by atoms with Crippen molar-refractivity contribution in [2.24, 2.45) is 0 Å². The van der Waals surface area contributed by atoms with E-state index in [0.29, 0.717) is 18.8 Å². The van der Waals surface area contributed by atoms with Gasteiger partial charge in [-0.1, -0.05) is 0 Å². The first-order valence-corrected chi connectivity index (χ1v) is 6.59. The summed E-state index contributed by atoms with van der Waals surface area (Å²) in [6.07, 6.45) is 2.38. The van der Waals surface area contributed by atoms with Gasteiger partial charge in [0, 0.05) is 36.2 Å². The van der Waals surface area contributed by atoms with Crippen molar-refractivity contribution in [1.82, 2.24) is 0 Å². The minimum Gasteiger partial charge on any atom is -0.494 e. The first-order chi connectivity index (χ1) is 8.67. The van der Waals surface area contributed by atoms with Gasteiger partial charge in [-0.25, -0.2) is 0 Å².